The lowest BCUT2D eigenvalue weighted by molar-refractivity contribution is 0.0946. The van der Waals surface area contributed by atoms with Crippen molar-refractivity contribution in [1.29, 1.82) is 5.41 Å². The van der Waals surface area contributed by atoms with Crippen molar-refractivity contribution in [3.05, 3.63) is 84.5 Å². The van der Waals surface area contributed by atoms with Gasteiger partial charge >= 0.3 is 0 Å². The number of benzene rings is 1. The van der Waals surface area contributed by atoms with E-state index in [-0.39, 0.29) is 30.2 Å². The molecule has 0 spiro atoms. The molecule has 0 fully saturated rings. The average Bonchev–Trinajstić information content (AvgIpc) is 3.16. The first-order valence-electron chi connectivity index (χ1n) is 9.36. The summed E-state index contributed by atoms with van der Waals surface area (Å²) in [5.74, 6) is -1.55. The number of aromatic nitrogens is 2. The van der Waals surface area contributed by atoms with Crippen LogP contribution in [0.15, 0.2) is 55.9 Å². The van der Waals surface area contributed by atoms with E-state index in [1.54, 1.807) is 18.3 Å². The Labute approximate surface area is 177 Å². The molecule has 0 bridgehead atoms. The van der Waals surface area contributed by atoms with Crippen molar-refractivity contribution in [2.24, 2.45) is 0 Å². The van der Waals surface area contributed by atoms with E-state index in [0.29, 0.717) is 17.9 Å². The molecular weight excluding hydrogens is 404 g/mol. The van der Waals surface area contributed by atoms with Crippen LogP contribution in [0.25, 0.3) is 11.7 Å². The molecule has 0 saturated carbocycles. The summed E-state index contributed by atoms with van der Waals surface area (Å²) in [7, 11) is 0. The Morgan fingerprint density at radius 2 is 2.00 bits per heavy atom. The third kappa shape index (κ3) is 4.61. The second kappa shape index (κ2) is 9.66. The maximum absolute atomic E-state index is 13.9. The Hall–Kier alpha value is -4.01. The molecule has 0 saturated heterocycles. The van der Waals surface area contributed by atoms with Crippen LogP contribution in [0, 0.1) is 17.0 Å². The van der Waals surface area contributed by atoms with Gasteiger partial charge in [-0.3, -0.25) is 14.6 Å². The van der Waals surface area contributed by atoms with Gasteiger partial charge < -0.3 is 15.0 Å². The monoisotopic (exact) mass is 425 g/mol. The Kier molecular flexibility index (Phi) is 6.76. The smallest absolute Gasteiger partial charge is 0.270 e. The fraction of sp³-hybridized carbons (Fsp3) is 0.136. The van der Waals surface area contributed by atoms with Crippen LogP contribution >= 0.6 is 0 Å². The molecule has 0 aliphatic heterocycles. The number of nitrogens with zero attached hydrogens (tertiary/aromatic N) is 3. The molecule has 1 amide bonds. The van der Waals surface area contributed by atoms with Gasteiger partial charge in [-0.25, -0.2) is 13.8 Å². The second-order valence-electron chi connectivity index (χ2n) is 6.41. The van der Waals surface area contributed by atoms with E-state index in [2.05, 4.69) is 23.5 Å². The number of halogens is 2. The fourth-order valence-electron chi connectivity index (χ4n) is 2.95. The molecule has 2 heterocycles. The van der Waals surface area contributed by atoms with E-state index in [1.165, 1.54) is 27.6 Å². The summed E-state index contributed by atoms with van der Waals surface area (Å²) in [4.78, 5) is 18.7. The van der Waals surface area contributed by atoms with Gasteiger partial charge in [0.15, 0.2) is 11.4 Å². The van der Waals surface area contributed by atoms with Crippen molar-refractivity contribution in [3.8, 4) is 5.75 Å². The third-order valence-corrected chi connectivity index (χ3v) is 4.54. The highest BCUT2D eigenvalue weighted by Gasteiger charge is 2.20. The number of pyridine rings is 1. The standard InChI is InChI=1S/C22H21F2N5O2/c1-3-18-20(22(30)26-10-12-28(4-2)14-25)29-11-6-9-19(21(29)27-18)31-13-15-16(23)7-5-8-17(15)24/h3-9,11,14,25H,1-2,10,12-13H2,(H,26,30). The first kappa shape index (κ1) is 21.7. The molecule has 31 heavy (non-hydrogen) atoms. The summed E-state index contributed by atoms with van der Waals surface area (Å²) in [6, 6.07) is 6.83. The lowest BCUT2D eigenvalue weighted by Gasteiger charge is -2.13. The number of carbonyl (C=O) groups excluding carboxylic acids is 1. The number of amides is 1. The molecule has 160 valence electrons. The van der Waals surface area contributed by atoms with E-state index in [9.17, 15) is 13.6 Å². The topological polar surface area (TPSA) is 82.7 Å². The fourth-order valence-corrected chi connectivity index (χ4v) is 2.95. The Morgan fingerprint density at radius 3 is 2.65 bits per heavy atom. The predicted molar refractivity (Wildman–Crippen MR) is 114 cm³/mol. The summed E-state index contributed by atoms with van der Waals surface area (Å²) in [6.45, 7) is 7.60. The van der Waals surface area contributed by atoms with Gasteiger partial charge in [0, 0.05) is 19.3 Å². The van der Waals surface area contributed by atoms with Crippen LogP contribution in [0.2, 0.25) is 0 Å². The van der Waals surface area contributed by atoms with Gasteiger partial charge in [-0.05, 0) is 36.5 Å². The molecule has 7 nitrogen and oxygen atoms in total. The predicted octanol–water partition coefficient (Wildman–Crippen LogP) is 3.62. The lowest BCUT2D eigenvalue weighted by atomic mass is 10.2. The Balaban J connectivity index is 1.85. The van der Waals surface area contributed by atoms with Gasteiger partial charge in [-0.15, -0.1) is 0 Å². The van der Waals surface area contributed by atoms with Gasteiger partial charge in [-0.1, -0.05) is 19.2 Å². The zero-order valence-corrected chi connectivity index (χ0v) is 16.6. The summed E-state index contributed by atoms with van der Waals surface area (Å²) < 4.78 is 34.9. The largest absolute Gasteiger partial charge is 0.485 e. The number of hydrogen-bond acceptors (Lipinski definition) is 4. The molecule has 1 aromatic carbocycles. The number of rotatable bonds is 10. The van der Waals surface area contributed by atoms with E-state index in [0.717, 1.165) is 18.5 Å². The average molecular weight is 425 g/mol. The summed E-state index contributed by atoms with van der Waals surface area (Å²) >= 11 is 0. The molecule has 3 rings (SSSR count). The number of fused-ring (bicyclic) bond motifs is 1. The van der Waals surface area contributed by atoms with Gasteiger partial charge in [0.2, 0.25) is 0 Å². The minimum absolute atomic E-state index is 0.198. The van der Waals surface area contributed by atoms with Crippen LogP contribution in [0.3, 0.4) is 0 Å². The van der Waals surface area contributed by atoms with Crippen molar-refractivity contribution in [2.45, 2.75) is 6.61 Å². The van der Waals surface area contributed by atoms with Crippen molar-refractivity contribution in [3.63, 3.8) is 0 Å². The van der Waals surface area contributed by atoms with E-state index >= 15 is 0 Å². The first-order chi connectivity index (χ1) is 15.0. The zero-order chi connectivity index (χ0) is 22.4. The molecule has 0 aliphatic rings. The SMILES string of the molecule is C=Cc1nc2c(OCc3c(F)cccc3F)cccn2c1C(=O)NCCN(C=C)C=N. The molecule has 2 aromatic heterocycles. The third-order valence-electron chi connectivity index (χ3n) is 4.54. The highest BCUT2D eigenvalue weighted by atomic mass is 19.1. The van der Waals surface area contributed by atoms with E-state index in [4.69, 9.17) is 10.1 Å². The van der Waals surface area contributed by atoms with E-state index in [1.807, 2.05) is 0 Å². The lowest BCUT2D eigenvalue weighted by Crippen LogP contribution is -2.32. The Bertz CT molecular complexity index is 1110. The maximum atomic E-state index is 13.9. The van der Waals surface area contributed by atoms with Gasteiger partial charge in [0.25, 0.3) is 5.91 Å². The van der Waals surface area contributed by atoms with E-state index < -0.39 is 17.5 Å². The molecule has 2 N–H and O–H groups in total. The van der Waals surface area contributed by atoms with Crippen LogP contribution in [0.1, 0.15) is 21.7 Å². The summed E-state index contributed by atoms with van der Waals surface area (Å²) in [5, 5.41) is 10.0. The van der Waals surface area contributed by atoms with Crippen molar-refractivity contribution < 1.29 is 18.3 Å². The first-order valence-corrected chi connectivity index (χ1v) is 9.36. The minimum Gasteiger partial charge on any atom is -0.485 e. The number of nitrogens with one attached hydrogen (secondary N) is 2. The van der Waals surface area contributed by atoms with Crippen molar-refractivity contribution in [1.82, 2.24) is 19.6 Å². The molecule has 9 heteroatoms. The van der Waals surface area contributed by atoms with Gasteiger partial charge in [0.1, 0.15) is 23.9 Å². The van der Waals surface area contributed by atoms with Crippen LogP contribution in [-0.2, 0) is 6.61 Å². The minimum atomic E-state index is -0.708. The highest BCUT2D eigenvalue weighted by Crippen LogP contribution is 2.25. The number of imidazole rings is 1. The Morgan fingerprint density at radius 1 is 1.26 bits per heavy atom. The second-order valence-corrected chi connectivity index (χ2v) is 6.41. The quantitative estimate of drug-likeness (QED) is 0.384. The molecule has 0 radical (unpaired) electrons. The van der Waals surface area contributed by atoms with Crippen molar-refractivity contribution >= 4 is 24.0 Å². The summed E-state index contributed by atoms with van der Waals surface area (Å²) in [5.41, 5.74) is 0.688. The molecule has 0 unspecified atom stereocenters. The normalized spacial score (nSPS) is 10.5. The van der Waals surface area contributed by atoms with Crippen LogP contribution < -0.4 is 10.1 Å². The number of ether oxygens (including phenoxy) is 1. The van der Waals surface area contributed by atoms with Gasteiger partial charge in [-0.2, -0.15) is 0 Å². The van der Waals surface area contributed by atoms with Crippen LogP contribution in [0.5, 0.6) is 5.75 Å². The highest BCUT2D eigenvalue weighted by molar-refractivity contribution is 5.97. The summed E-state index contributed by atoms with van der Waals surface area (Å²) in [6.07, 6.45) is 5.65. The van der Waals surface area contributed by atoms with Gasteiger partial charge in [0.05, 0.1) is 17.6 Å². The molecular formula is C22H21F2N5O2. The van der Waals surface area contributed by atoms with Crippen LogP contribution in [-0.4, -0.2) is 39.6 Å². The maximum Gasteiger partial charge on any atom is 0.270 e. The molecule has 0 aliphatic carbocycles. The number of hydrogen-bond donors (Lipinski definition) is 2. The molecule has 3 aromatic rings. The van der Waals surface area contributed by atoms with Crippen LogP contribution in [0.4, 0.5) is 8.78 Å². The number of carbonyl (C=O) groups is 1. The zero-order valence-electron chi connectivity index (χ0n) is 16.6. The van der Waals surface area contributed by atoms with Crippen molar-refractivity contribution in [2.75, 3.05) is 13.1 Å². The molecule has 0 atom stereocenters.